The molecule has 1 aliphatic rings. The molecule has 1 aliphatic carbocycles. The molecular weight excluding hydrogens is 280 g/mol. The first-order valence-electron chi connectivity index (χ1n) is 8.57. The summed E-state index contributed by atoms with van der Waals surface area (Å²) >= 11 is 6.70. The van der Waals surface area contributed by atoms with Crippen molar-refractivity contribution < 1.29 is 5.11 Å². The number of halogens is 1. The standard InChI is InChI=1S/C19H33ClO/c1-7-10-11-12-19(15(8-2)9-3)14(4)17(20)18(5,6)13-16(19)21/h13,15,21H,7-12H2,1-6H3. The van der Waals surface area contributed by atoms with Crippen molar-refractivity contribution in [3.8, 4) is 0 Å². The molecule has 0 heterocycles. The zero-order chi connectivity index (χ0) is 16.3. The Bertz CT molecular complexity index is 415. The highest BCUT2D eigenvalue weighted by Crippen LogP contribution is 2.56. The molecule has 0 aromatic rings. The summed E-state index contributed by atoms with van der Waals surface area (Å²) in [5.41, 5.74) is 0.695. The van der Waals surface area contributed by atoms with Gasteiger partial charge in [0.2, 0.25) is 0 Å². The second kappa shape index (κ2) is 7.22. The predicted molar refractivity (Wildman–Crippen MR) is 93.7 cm³/mol. The van der Waals surface area contributed by atoms with E-state index in [1.54, 1.807) is 0 Å². The molecule has 1 rings (SSSR count). The Morgan fingerprint density at radius 2 is 1.71 bits per heavy atom. The van der Waals surface area contributed by atoms with Crippen molar-refractivity contribution in [2.24, 2.45) is 16.7 Å². The summed E-state index contributed by atoms with van der Waals surface area (Å²) in [5.74, 6) is 1.01. The highest BCUT2D eigenvalue weighted by atomic mass is 35.5. The van der Waals surface area contributed by atoms with Crippen LogP contribution in [0.25, 0.3) is 0 Å². The van der Waals surface area contributed by atoms with E-state index in [-0.39, 0.29) is 10.8 Å². The fourth-order valence-corrected chi connectivity index (χ4v) is 4.30. The van der Waals surface area contributed by atoms with Crippen molar-refractivity contribution in [3.63, 3.8) is 0 Å². The van der Waals surface area contributed by atoms with Gasteiger partial charge in [-0.15, -0.1) is 0 Å². The molecule has 0 aromatic heterocycles. The third-order valence-electron chi connectivity index (χ3n) is 5.38. The lowest BCUT2D eigenvalue weighted by Crippen LogP contribution is -2.38. The zero-order valence-corrected chi connectivity index (χ0v) is 15.5. The lowest BCUT2D eigenvalue weighted by Gasteiger charge is -2.46. The van der Waals surface area contributed by atoms with Gasteiger partial charge >= 0.3 is 0 Å². The van der Waals surface area contributed by atoms with E-state index in [1.165, 1.54) is 18.4 Å². The molecule has 21 heavy (non-hydrogen) atoms. The number of rotatable bonds is 7. The van der Waals surface area contributed by atoms with Crippen molar-refractivity contribution in [1.29, 1.82) is 0 Å². The lowest BCUT2D eigenvalue weighted by molar-refractivity contribution is 0.135. The smallest absolute Gasteiger partial charge is 0.0997 e. The van der Waals surface area contributed by atoms with E-state index in [0.29, 0.717) is 11.7 Å². The van der Waals surface area contributed by atoms with Crippen LogP contribution in [0.4, 0.5) is 0 Å². The van der Waals surface area contributed by atoms with E-state index < -0.39 is 0 Å². The van der Waals surface area contributed by atoms with Crippen LogP contribution in [0.5, 0.6) is 0 Å². The van der Waals surface area contributed by atoms with Gasteiger partial charge < -0.3 is 5.11 Å². The van der Waals surface area contributed by atoms with Gasteiger partial charge in [-0.05, 0) is 30.9 Å². The van der Waals surface area contributed by atoms with Gasteiger partial charge in [-0.3, -0.25) is 0 Å². The van der Waals surface area contributed by atoms with Gasteiger partial charge in [0.25, 0.3) is 0 Å². The van der Waals surface area contributed by atoms with Crippen LogP contribution in [0.1, 0.15) is 80.1 Å². The first-order chi connectivity index (χ1) is 9.77. The van der Waals surface area contributed by atoms with Crippen LogP contribution in [-0.4, -0.2) is 5.11 Å². The van der Waals surface area contributed by atoms with Gasteiger partial charge in [0.15, 0.2) is 0 Å². The van der Waals surface area contributed by atoms with Crippen molar-refractivity contribution in [2.45, 2.75) is 80.1 Å². The van der Waals surface area contributed by atoms with Crippen molar-refractivity contribution in [1.82, 2.24) is 0 Å². The summed E-state index contributed by atoms with van der Waals surface area (Å²) in [4.78, 5) is 0. The first-order valence-corrected chi connectivity index (χ1v) is 8.95. The van der Waals surface area contributed by atoms with Crippen LogP contribution in [-0.2, 0) is 0 Å². The third-order valence-corrected chi connectivity index (χ3v) is 6.15. The Labute approximate surface area is 136 Å². The van der Waals surface area contributed by atoms with Gasteiger partial charge in [0.1, 0.15) is 0 Å². The molecule has 122 valence electrons. The van der Waals surface area contributed by atoms with Gasteiger partial charge in [0.05, 0.1) is 11.2 Å². The summed E-state index contributed by atoms with van der Waals surface area (Å²) < 4.78 is 0. The van der Waals surface area contributed by atoms with Crippen LogP contribution in [0, 0.1) is 16.7 Å². The number of aliphatic hydroxyl groups excluding tert-OH is 1. The summed E-state index contributed by atoms with van der Waals surface area (Å²) in [6.45, 7) is 13.0. The summed E-state index contributed by atoms with van der Waals surface area (Å²) in [6.07, 6.45) is 8.70. The van der Waals surface area contributed by atoms with Crippen LogP contribution < -0.4 is 0 Å². The second-order valence-electron chi connectivity index (χ2n) is 7.13. The normalized spacial score (nSPS) is 25.4. The summed E-state index contributed by atoms with van der Waals surface area (Å²) in [7, 11) is 0. The minimum Gasteiger partial charge on any atom is -0.512 e. The van der Waals surface area contributed by atoms with E-state index in [2.05, 4.69) is 41.5 Å². The number of allylic oxidation sites excluding steroid dienone is 3. The highest BCUT2D eigenvalue weighted by molar-refractivity contribution is 6.31. The molecule has 2 heteroatoms. The number of unbranched alkanes of at least 4 members (excludes halogenated alkanes) is 2. The Morgan fingerprint density at radius 3 is 2.19 bits per heavy atom. The van der Waals surface area contributed by atoms with E-state index in [4.69, 9.17) is 11.6 Å². The molecule has 0 bridgehead atoms. The van der Waals surface area contributed by atoms with Gasteiger partial charge in [0, 0.05) is 10.4 Å². The van der Waals surface area contributed by atoms with Crippen LogP contribution in [0.15, 0.2) is 22.4 Å². The average Bonchev–Trinajstić information content (AvgIpc) is 2.43. The molecule has 0 radical (unpaired) electrons. The minimum atomic E-state index is -0.254. The fourth-order valence-electron chi connectivity index (χ4n) is 4.08. The van der Waals surface area contributed by atoms with E-state index >= 15 is 0 Å². The topological polar surface area (TPSA) is 20.2 Å². The number of hydrogen-bond acceptors (Lipinski definition) is 1. The largest absolute Gasteiger partial charge is 0.512 e. The SMILES string of the molecule is CCCCCC1(C(CC)CC)C(O)=CC(C)(C)C(Cl)=C1C. The highest BCUT2D eigenvalue weighted by Gasteiger charge is 2.47. The number of hydrogen-bond donors (Lipinski definition) is 1. The van der Waals surface area contributed by atoms with Gasteiger partial charge in [-0.1, -0.05) is 78.3 Å². The Hall–Kier alpha value is -0.430. The van der Waals surface area contributed by atoms with Crippen LogP contribution in [0.3, 0.4) is 0 Å². The molecule has 0 aliphatic heterocycles. The monoisotopic (exact) mass is 312 g/mol. The molecule has 0 amide bonds. The average molecular weight is 313 g/mol. The maximum absolute atomic E-state index is 10.9. The lowest BCUT2D eigenvalue weighted by atomic mass is 9.59. The van der Waals surface area contributed by atoms with Crippen LogP contribution in [0.2, 0.25) is 0 Å². The zero-order valence-electron chi connectivity index (χ0n) is 14.7. The van der Waals surface area contributed by atoms with Crippen LogP contribution >= 0.6 is 11.6 Å². The van der Waals surface area contributed by atoms with E-state index in [0.717, 1.165) is 30.7 Å². The molecule has 0 saturated carbocycles. The number of aliphatic hydroxyl groups is 1. The Morgan fingerprint density at radius 1 is 1.14 bits per heavy atom. The fraction of sp³-hybridized carbons (Fsp3) is 0.789. The Balaban J connectivity index is 3.35. The molecule has 0 spiro atoms. The predicted octanol–water partition coefficient (Wildman–Crippen LogP) is 6.98. The van der Waals surface area contributed by atoms with E-state index in [1.807, 2.05) is 6.08 Å². The maximum Gasteiger partial charge on any atom is 0.0997 e. The second-order valence-corrected chi connectivity index (χ2v) is 7.51. The molecule has 0 aromatic carbocycles. The first kappa shape index (κ1) is 18.6. The van der Waals surface area contributed by atoms with Crippen molar-refractivity contribution >= 4 is 11.6 Å². The molecule has 1 atom stereocenters. The summed E-state index contributed by atoms with van der Waals surface area (Å²) in [6, 6.07) is 0. The molecule has 1 unspecified atom stereocenters. The van der Waals surface area contributed by atoms with Gasteiger partial charge in [-0.2, -0.15) is 0 Å². The molecule has 0 fully saturated rings. The molecule has 1 nitrogen and oxygen atoms in total. The van der Waals surface area contributed by atoms with Gasteiger partial charge in [-0.25, -0.2) is 0 Å². The van der Waals surface area contributed by atoms with Crippen molar-refractivity contribution in [2.75, 3.05) is 0 Å². The quantitative estimate of drug-likeness (QED) is 0.502. The molecule has 1 N–H and O–H groups in total. The summed E-state index contributed by atoms with van der Waals surface area (Å²) in [5, 5.41) is 11.9. The maximum atomic E-state index is 10.9. The Kier molecular flexibility index (Phi) is 6.40. The minimum absolute atomic E-state index is 0.245. The molecule has 0 saturated heterocycles. The third kappa shape index (κ3) is 3.33. The molecular formula is C19H33ClO. The van der Waals surface area contributed by atoms with Crippen molar-refractivity contribution in [3.05, 3.63) is 22.4 Å². The van der Waals surface area contributed by atoms with E-state index in [9.17, 15) is 5.11 Å².